The van der Waals surface area contributed by atoms with Crippen molar-refractivity contribution in [3.63, 3.8) is 0 Å². The van der Waals surface area contributed by atoms with Gasteiger partial charge in [-0.25, -0.2) is 18.0 Å². The highest BCUT2D eigenvalue weighted by molar-refractivity contribution is 5.89. The molecule has 0 bridgehead atoms. The summed E-state index contributed by atoms with van der Waals surface area (Å²) in [5.41, 5.74) is 3.31. The maximum atomic E-state index is 12.9. The van der Waals surface area contributed by atoms with Gasteiger partial charge in [-0.1, -0.05) is 11.3 Å². The SMILES string of the molecule is COc1nc(NC2CC(OCCO)C2)nn2ccc(-c3ccc4nnn(CC(F)F)c4c3)c12. The summed E-state index contributed by atoms with van der Waals surface area (Å²) in [5.74, 6) is 0.820. The van der Waals surface area contributed by atoms with Crippen LogP contribution in [0, 0.1) is 0 Å². The average Bonchev–Trinajstić information content (AvgIpc) is 3.38. The number of benzene rings is 1. The predicted octanol–water partition coefficient (Wildman–Crippen LogP) is 2.37. The first-order valence-corrected chi connectivity index (χ1v) is 10.6. The lowest BCUT2D eigenvalue weighted by atomic mass is 9.89. The van der Waals surface area contributed by atoms with Crippen LogP contribution in [-0.2, 0) is 11.3 Å². The van der Waals surface area contributed by atoms with Gasteiger partial charge in [0.05, 0.1) is 31.9 Å². The van der Waals surface area contributed by atoms with E-state index < -0.39 is 13.0 Å². The van der Waals surface area contributed by atoms with Crippen molar-refractivity contribution >= 4 is 22.5 Å². The first-order chi connectivity index (χ1) is 16.1. The smallest absolute Gasteiger partial charge is 0.258 e. The summed E-state index contributed by atoms with van der Waals surface area (Å²) in [6.45, 7) is -0.172. The fourth-order valence-corrected chi connectivity index (χ4v) is 4.05. The highest BCUT2D eigenvalue weighted by Crippen LogP contribution is 2.33. The summed E-state index contributed by atoms with van der Waals surface area (Å²) < 4.78 is 39.7. The number of aliphatic hydroxyl groups excluding tert-OH is 1. The Morgan fingerprint density at radius 2 is 2.12 bits per heavy atom. The number of halogens is 2. The van der Waals surface area contributed by atoms with Crippen LogP contribution in [0.3, 0.4) is 0 Å². The van der Waals surface area contributed by atoms with Crippen molar-refractivity contribution in [2.24, 2.45) is 0 Å². The molecule has 174 valence electrons. The van der Waals surface area contributed by atoms with E-state index in [1.807, 2.05) is 12.1 Å². The van der Waals surface area contributed by atoms with Crippen molar-refractivity contribution in [3.05, 3.63) is 30.5 Å². The highest BCUT2D eigenvalue weighted by Gasteiger charge is 2.30. The number of alkyl halides is 2. The summed E-state index contributed by atoms with van der Waals surface area (Å²) in [6.07, 6.45) is 1.01. The fraction of sp³-hybridized carbons (Fsp3) is 0.429. The zero-order chi connectivity index (χ0) is 22.9. The van der Waals surface area contributed by atoms with Crippen LogP contribution in [0.4, 0.5) is 14.7 Å². The topological polar surface area (TPSA) is 112 Å². The van der Waals surface area contributed by atoms with Gasteiger partial charge in [0.1, 0.15) is 17.6 Å². The molecule has 1 aliphatic carbocycles. The second-order valence-corrected chi connectivity index (χ2v) is 7.86. The molecule has 0 saturated heterocycles. The van der Waals surface area contributed by atoms with Gasteiger partial charge in [-0.2, -0.15) is 4.98 Å². The van der Waals surface area contributed by atoms with Crippen LogP contribution in [0.1, 0.15) is 12.8 Å². The quantitative estimate of drug-likeness (QED) is 0.392. The van der Waals surface area contributed by atoms with Crippen LogP contribution < -0.4 is 10.1 Å². The first kappa shape index (κ1) is 21.5. The van der Waals surface area contributed by atoms with Crippen LogP contribution in [0.25, 0.3) is 27.7 Å². The van der Waals surface area contributed by atoms with Crippen molar-refractivity contribution in [1.82, 2.24) is 29.6 Å². The zero-order valence-electron chi connectivity index (χ0n) is 17.9. The fourth-order valence-electron chi connectivity index (χ4n) is 4.05. The molecule has 10 nitrogen and oxygen atoms in total. The summed E-state index contributed by atoms with van der Waals surface area (Å²) in [4.78, 5) is 4.52. The molecule has 12 heteroatoms. The Morgan fingerprint density at radius 3 is 2.88 bits per heavy atom. The second-order valence-electron chi connectivity index (χ2n) is 7.86. The van der Waals surface area contributed by atoms with Crippen molar-refractivity contribution in [1.29, 1.82) is 0 Å². The number of fused-ring (bicyclic) bond motifs is 2. The molecule has 4 aromatic rings. The van der Waals surface area contributed by atoms with Crippen LogP contribution in [0.5, 0.6) is 5.88 Å². The van der Waals surface area contributed by atoms with Gasteiger partial charge in [0, 0.05) is 17.8 Å². The molecular formula is C21H23F2N7O3. The number of nitrogens with one attached hydrogen (secondary N) is 1. The number of aliphatic hydroxyl groups is 1. The Kier molecular flexibility index (Phi) is 5.77. The minimum atomic E-state index is -2.53. The standard InChI is InChI=1S/C21H23F2N7O3/c1-32-20-19-15(12-2-3-16-17(8-12)30(28-26-16)11-18(22)23)4-5-29(19)27-21(25-20)24-13-9-14(10-13)33-7-6-31/h2-5,8,13-14,18,31H,6-7,9-11H2,1H3,(H,24,27). The van der Waals surface area contributed by atoms with Gasteiger partial charge in [-0.05, 0) is 36.6 Å². The number of nitrogens with zero attached hydrogens (tertiary/aromatic N) is 6. The maximum Gasteiger partial charge on any atom is 0.258 e. The molecule has 0 atom stereocenters. The summed E-state index contributed by atoms with van der Waals surface area (Å²) in [7, 11) is 1.54. The Morgan fingerprint density at radius 1 is 1.27 bits per heavy atom. The maximum absolute atomic E-state index is 12.9. The van der Waals surface area contributed by atoms with E-state index in [0.29, 0.717) is 35.0 Å². The van der Waals surface area contributed by atoms with Crippen molar-refractivity contribution < 1.29 is 23.4 Å². The largest absolute Gasteiger partial charge is 0.479 e. The van der Waals surface area contributed by atoms with E-state index in [9.17, 15) is 8.78 Å². The van der Waals surface area contributed by atoms with E-state index in [1.54, 1.807) is 22.8 Å². The van der Waals surface area contributed by atoms with Crippen molar-refractivity contribution in [2.75, 3.05) is 25.6 Å². The average molecular weight is 459 g/mol. The van der Waals surface area contributed by atoms with Gasteiger partial charge in [0.15, 0.2) is 0 Å². The number of rotatable bonds is 9. The van der Waals surface area contributed by atoms with E-state index in [1.165, 1.54) is 11.8 Å². The lowest BCUT2D eigenvalue weighted by Gasteiger charge is -2.35. The number of aromatic nitrogens is 6. The van der Waals surface area contributed by atoms with Gasteiger partial charge in [-0.15, -0.1) is 10.2 Å². The molecule has 1 aromatic carbocycles. The number of anilines is 1. The van der Waals surface area contributed by atoms with E-state index in [0.717, 1.165) is 24.0 Å². The van der Waals surface area contributed by atoms with Gasteiger partial charge in [0.2, 0.25) is 11.8 Å². The summed E-state index contributed by atoms with van der Waals surface area (Å²) in [5, 5.41) is 24.5. The second kappa shape index (κ2) is 8.87. The van der Waals surface area contributed by atoms with Crippen LogP contribution in [0.2, 0.25) is 0 Å². The number of hydrogen-bond acceptors (Lipinski definition) is 8. The predicted molar refractivity (Wildman–Crippen MR) is 116 cm³/mol. The molecule has 1 saturated carbocycles. The Bertz CT molecular complexity index is 1270. The third-order valence-corrected chi connectivity index (χ3v) is 5.68. The molecule has 0 amide bonds. The summed E-state index contributed by atoms with van der Waals surface area (Å²) in [6, 6.07) is 7.43. The lowest BCUT2D eigenvalue weighted by molar-refractivity contribution is -0.0196. The van der Waals surface area contributed by atoms with E-state index >= 15 is 0 Å². The molecule has 1 fully saturated rings. The molecule has 33 heavy (non-hydrogen) atoms. The molecule has 0 radical (unpaired) electrons. The van der Waals surface area contributed by atoms with Crippen LogP contribution >= 0.6 is 0 Å². The van der Waals surface area contributed by atoms with Gasteiger partial charge < -0.3 is 19.9 Å². The van der Waals surface area contributed by atoms with Crippen LogP contribution in [0.15, 0.2) is 30.5 Å². The Balaban J connectivity index is 1.43. The first-order valence-electron chi connectivity index (χ1n) is 10.6. The summed E-state index contributed by atoms with van der Waals surface area (Å²) >= 11 is 0. The van der Waals surface area contributed by atoms with E-state index in [-0.39, 0.29) is 18.8 Å². The third kappa shape index (κ3) is 4.18. The Labute approximate surface area is 187 Å². The van der Waals surface area contributed by atoms with Gasteiger partial charge >= 0.3 is 0 Å². The minimum Gasteiger partial charge on any atom is -0.479 e. The van der Waals surface area contributed by atoms with Crippen molar-refractivity contribution in [2.45, 2.75) is 38.0 Å². The molecule has 3 aromatic heterocycles. The van der Waals surface area contributed by atoms with E-state index in [4.69, 9.17) is 14.6 Å². The number of methoxy groups -OCH3 is 1. The number of hydrogen-bond donors (Lipinski definition) is 2. The van der Waals surface area contributed by atoms with Crippen molar-refractivity contribution in [3.8, 4) is 17.0 Å². The molecule has 3 heterocycles. The molecule has 1 aliphatic rings. The third-order valence-electron chi connectivity index (χ3n) is 5.68. The molecular weight excluding hydrogens is 436 g/mol. The van der Waals surface area contributed by atoms with Gasteiger partial charge in [0.25, 0.3) is 6.43 Å². The lowest BCUT2D eigenvalue weighted by Crippen LogP contribution is -2.41. The van der Waals surface area contributed by atoms with Gasteiger partial charge in [-0.3, -0.25) is 0 Å². The molecule has 0 spiro atoms. The monoisotopic (exact) mass is 459 g/mol. The molecule has 0 unspecified atom stereocenters. The zero-order valence-corrected chi connectivity index (χ0v) is 17.9. The molecule has 5 rings (SSSR count). The number of ether oxygens (including phenoxy) is 2. The molecule has 0 aliphatic heterocycles. The normalized spacial score (nSPS) is 18.2. The van der Waals surface area contributed by atoms with Crippen LogP contribution in [-0.4, -0.2) is 73.6 Å². The Hall–Kier alpha value is -3.38. The highest BCUT2D eigenvalue weighted by atomic mass is 19.3. The molecule has 2 N–H and O–H groups in total. The minimum absolute atomic E-state index is 0.0134. The van der Waals surface area contributed by atoms with E-state index in [2.05, 4.69) is 25.7 Å².